The summed E-state index contributed by atoms with van der Waals surface area (Å²) in [4.78, 5) is 0. The zero-order valence-electron chi connectivity index (χ0n) is 8.39. The molecule has 1 aromatic carbocycles. The standard InChI is InChI=1S/C11H16BrN/c1-8(2)10-5-4-9(3)11(6-10)13-7-12/h4-6,8,13H,7H2,1-3H3. The maximum Gasteiger partial charge on any atom is 0.0707 e. The number of aryl methyl sites for hydroxylation is 1. The van der Waals surface area contributed by atoms with E-state index in [9.17, 15) is 0 Å². The molecule has 1 N–H and O–H groups in total. The van der Waals surface area contributed by atoms with Gasteiger partial charge in [-0.3, -0.25) is 0 Å². The first kappa shape index (κ1) is 10.6. The number of rotatable bonds is 3. The molecule has 0 amide bonds. The molecule has 1 nitrogen and oxygen atoms in total. The van der Waals surface area contributed by atoms with Crippen LogP contribution in [-0.2, 0) is 0 Å². The third-order valence-corrected chi connectivity index (χ3v) is 2.47. The monoisotopic (exact) mass is 241 g/mol. The third-order valence-electron chi connectivity index (χ3n) is 2.19. The Morgan fingerprint density at radius 1 is 1.38 bits per heavy atom. The zero-order valence-corrected chi connectivity index (χ0v) is 9.98. The fourth-order valence-corrected chi connectivity index (χ4v) is 1.56. The molecule has 0 fully saturated rings. The third kappa shape index (κ3) is 2.73. The Balaban J connectivity index is 2.97. The Morgan fingerprint density at radius 3 is 2.62 bits per heavy atom. The molecule has 2 heteroatoms. The fourth-order valence-electron chi connectivity index (χ4n) is 1.26. The topological polar surface area (TPSA) is 12.0 Å². The first-order valence-electron chi connectivity index (χ1n) is 4.55. The normalized spacial score (nSPS) is 10.5. The van der Waals surface area contributed by atoms with E-state index in [0.717, 1.165) is 5.45 Å². The average molecular weight is 242 g/mol. The highest BCUT2D eigenvalue weighted by Gasteiger charge is 2.02. The molecule has 72 valence electrons. The Bertz CT molecular complexity index is 281. The molecule has 0 aliphatic carbocycles. The molecular formula is C11H16BrN. The lowest BCUT2D eigenvalue weighted by molar-refractivity contribution is 0.866. The van der Waals surface area contributed by atoms with Crippen molar-refractivity contribution in [3.05, 3.63) is 29.3 Å². The van der Waals surface area contributed by atoms with Crippen LogP contribution in [0.4, 0.5) is 5.69 Å². The van der Waals surface area contributed by atoms with E-state index in [4.69, 9.17) is 0 Å². The Kier molecular flexibility index (Phi) is 3.79. The minimum atomic E-state index is 0.594. The SMILES string of the molecule is Cc1ccc(C(C)C)cc1NCBr. The minimum absolute atomic E-state index is 0.594. The summed E-state index contributed by atoms with van der Waals surface area (Å²) in [6.45, 7) is 6.54. The minimum Gasteiger partial charge on any atom is -0.375 e. The van der Waals surface area contributed by atoms with Crippen LogP contribution in [0.5, 0.6) is 0 Å². The molecule has 0 aliphatic rings. The van der Waals surface area contributed by atoms with E-state index in [2.05, 4.69) is 60.2 Å². The molecule has 0 saturated carbocycles. The van der Waals surface area contributed by atoms with Gasteiger partial charge < -0.3 is 5.32 Å². The van der Waals surface area contributed by atoms with Gasteiger partial charge in [-0.05, 0) is 30.0 Å². The molecule has 0 heterocycles. The second-order valence-corrected chi connectivity index (χ2v) is 4.10. The molecule has 0 aliphatic heterocycles. The summed E-state index contributed by atoms with van der Waals surface area (Å²) in [5, 5.41) is 3.29. The number of nitrogens with one attached hydrogen (secondary N) is 1. The van der Waals surface area contributed by atoms with Gasteiger partial charge in [-0.1, -0.05) is 41.9 Å². The van der Waals surface area contributed by atoms with Crippen LogP contribution < -0.4 is 5.32 Å². The largest absolute Gasteiger partial charge is 0.375 e. The lowest BCUT2D eigenvalue weighted by Gasteiger charge is -2.11. The first-order chi connectivity index (χ1) is 6.15. The predicted molar refractivity (Wildman–Crippen MR) is 62.7 cm³/mol. The van der Waals surface area contributed by atoms with Crippen LogP contribution in [-0.4, -0.2) is 5.45 Å². The van der Waals surface area contributed by atoms with E-state index < -0.39 is 0 Å². The second-order valence-electron chi connectivity index (χ2n) is 3.54. The van der Waals surface area contributed by atoms with E-state index in [1.165, 1.54) is 16.8 Å². The number of alkyl halides is 1. The van der Waals surface area contributed by atoms with Gasteiger partial charge in [-0.15, -0.1) is 0 Å². The number of halogens is 1. The maximum atomic E-state index is 3.37. The Morgan fingerprint density at radius 2 is 2.08 bits per heavy atom. The van der Waals surface area contributed by atoms with E-state index in [1.807, 2.05) is 0 Å². The van der Waals surface area contributed by atoms with Crippen LogP contribution in [0.1, 0.15) is 30.9 Å². The molecule has 0 radical (unpaired) electrons. The molecule has 0 saturated heterocycles. The van der Waals surface area contributed by atoms with Crippen molar-refractivity contribution >= 4 is 21.6 Å². The molecule has 0 spiro atoms. The van der Waals surface area contributed by atoms with Crippen LogP contribution in [0.3, 0.4) is 0 Å². The number of anilines is 1. The zero-order chi connectivity index (χ0) is 9.84. The summed E-state index contributed by atoms with van der Waals surface area (Å²) < 4.78 is 0. The quantitative estimate of drug-likeness (QED) is 0.626. The van der Waals surface area contributed by atoms with Crippen molar-refractivity contribution in [1.82, 2.24) is 0 Å². The van der Waals surface area contributed by atoms with Gasteiger partial charge in [0.1, 0.15) is 0 Å². The summed E-state index contributed by atoms with van der Waals surface area (Å²) in [6.07, 6.45) is 0. The highest BCUT2D eigenvalue weighted by atomic mass is 79.9. The Hall–Kier alpha value is -0.500. The fraction of sp³-hybridized carbons (Fsp3) is 0.455. The van der Waals surface area contributed by atoms with Gasteiger partial charge in [-0.2, -0.15) is 0 Å². The van der Waals surface area contributed by atoms with E-state index >= 15 is 0 Å². The molecule has 1 aromatic rings. The summed E-state index contributed by atoms with van der Waals surface area (Å²) in [6, 6.07) is 6.58. The van der Waals surface area contributed by atoms with Gasteiger partial charge in [-0.25, -0.2) is 0 Å². The molecular weight excluding hydrogens is 226 g/mol. The summed E-state index contributed by atoms with van der Waals surface area (Å²) >= 11 is 3.37. The van der Waals surface area contributed by atoms with Crippen molar-refractivity contribution in [1.29, 1.82) is 0 Å². The van der Waals surface area contributed by atoms with Crippen molar-refractivity contribution < 1.29 is 0 Å². The van der Waals surface area contributed by atoms with E-state index in [-0.39, 0.29) is 0 Å². The number of benzene rings is 1. The summed E-state index contributed by atoms with van der Waals surface area (Å²) in [5.41, 5.74) is 4.70. The summed E-state index contributed by atoms with van der Waals surface area (Å²) in [5.74, 6) is 0.594. The van der Waals surface area contributed by atoms with Gasteiger partial charge in [0, 0.05) is 5.69 Å². The van der Waals surface area contributed by atoms with Crippen LogP contribution in [0, 0.1) is 6.92 Å². The molecule has 0 atom stereocenters. The maximum absolute atomic E-state index is 3.37. The van der Waals surface area contributed by atoms with E-state index in [0.29, 0.717) is 5.92 Å². The van der Waals surface area contributed by atoms with Crippen molar-refractivity contribution in [2.75, 3.05) is 10.8 Å². The highest BCUT2D eigenvalue weighted by molar-refractivity contribution is 9.09. The second kappa shape index (κ2) is 4.66. The van der Waals surface area contributed by atoms with Crippen molar-refractivity contribution in [2.24, 2.45) is 0 Å². The van der Waals surface area contributed by atoms with Crippen LogP contribution in [0.25, 0.3) is 0 Å². The van der Waals surface area contributed by atoms with Crippen molar-refractivity contribution in [3.63, 3.8) is 0 Å². The highest BCUT2D eigenvalue weighted by Crippen LogP contribution is 2.22. The predicted octanol–water partition coefficient (Wildman–Crippen LogP) is 3.88. The molecule has 1 rings (SSSR count). The van der Waals surface area contributed by atoms with Crippen LogP contribution >= 0.6 is 15.9 Å². The Labute approximate surface area is 88.7 Å². The van der Waals surface area contributed by atoms with Crippen molar-refractivity contribution in [3.8, 4) is 0 Å². The van der Waals surface area contributed by atoms with Gasteiger partial charge in [0.15, 0.2) is 0 Å². The van der Waals surface area contributed by atoms with Crippen LogP contribution in [0.2, 0.25) is 0 Å². The van der Waals surface area contributed by atoms with Gasteiger partial charge in [0.2, 0.25) is 0 Å². The van der Waals surface area contributed by atoms with E-state index in [1.54, 1.807) is 0 Å². The lowest BCUT2D eigenvalue weighted by Crippen LogP contribution is -1.98. The van der Waals surface area contributed by atoms with Gasteiger partial charge >= 0.3 is 0 Å². The summed E-state index contributed by atoms with van der Waals surface area (Å²) in [7, 11) is 0. The average Bonchev–Trinajstić information content (AvgIpc) is 2.08. The molecule has 0 bridgehead atoms. The lowest BCUT2D eigenvalue weighted by atomic mass is 10.0. The van der Waals surface area contributed by atoms with Crippen molar-refractivity contribution in [2.45, 2.75) is 26.7 Å². The molecule has 0 aromatic heterocycles. The number of hydrogen-bond donors (Lipinski definition) is 1. The molecule has 0 unspecified atom stereocenters. The smallest absolute Gasteiger partial charge is 0.0707 e. The molecule has 13 heavy (non-hydrogen) atoms. The van der Waals surface area contributed by atoms with Gasteiger partial charge in [0.05, 0.1) is 5.45 Å². The van der Waals surface area contributed by atoms with Crippen LogP contribution in [0.15, 0.2) is 18.2 Å². The first-order valence-corrected chi connectivity index (χ1v) is 5.67. The van der Waals surface area contributed by atoms with Gasteiger partial charge in [0.25, 0.3) is 0 Å². The number of hydrogen-bond acceptors (Lipinski definition) is 1.